The van der Waals surface area contributed by atoms with Crippen molar-refractivity contribution in [3.8, 4) is 17.6 Å². The third-order valence-electron chi connectivity index (χ3n) is 1.67. The molecule has 4 heteroatoms. The molecule has 0 amide bonds. The molecular formula is C11H11Br2NO. The summed E-state index contributed by atoms with van der Waals surface area (Å²) in [5.41, 5.74) is 6.36. The van der Waals surface area contributed by atoms with Crippen LogP contribution in [0.2, 0.25) is 0 Å². The first-order valence-corrected chi connectivity index (χ1v) is 6.00. The van der Waals surface area contributed by atoms with E-state index in [0.717, 1.165) is 21.1 Å². The molecule has 0 saturated carbocycles. The van der Waals surface area contributed by atoms with Gasteiger partial charge in [0, 0.05) is 12.1 Å². The molecule has 0 bridgehead atoms. The van der Waals surface area contributed by atoms with Crippen molar-refractivity contribution < 1.29 is 4.74 Å². The van der Waals surface area contributed by atoms with Crippen molar-refractivity contribution in [1.29, 1.82) is 0 Å². The van der Waals surface area contributed by atoms with Gasteiger partial charge < -0.3 is 10.5 Å². The van der Waals surface area contributed by atoms with Crippen molar-refractivity contribution >= 4 is 37.5 Å². The van der Waals surface area contributed by atoms with E-state index in [0.29, 0.717) is 12.3 Å². The van der Waals surface area contributed by atoms with Crippen molar-refractivity contribution in [2.45, 2.75) is 13.3 Å². The van der Waals surface area contributed by atoms with E-state index >= 15 is 0 Å². The zero-order chi connectivity index (χ0) is 11.3. The highest BCUT2D eigenvalue weighted by Crippen LogP contribution is 2.35. The maximum Gasteiger partial charge on any atom is 0.147 e. The molecule has 15 heavy (non-hydrogen) atoms. The molecule has 0 radical (unpaired) electrons. The molecule has 0 aromatic heterocycles. The molecule has 2 nitrogen and oxygen atoms in total. The smallest absolute Gasteiger partial charge is 0.147 e. The molecule has 0 aliphatic rings. The SMILES string of the molecule is CC#CCCOc1c(Br)cc(N)cc1Br. The van der Waals surface area contributed by atoms with Crippen LogP contribution in [-0.4, -0.2) is 6.61 Å². The predicted molar refractivity (Wildman–Crippen MR) is 69.8 cm³/mol. The summed E-state index contributed by atoms with van der Waals surface area (Å²) in [6.07, 6.45) is 0.722. The quantitative estimate of drug-likeness (QED) is 0.521. The summed E-state index contributed by atoms with van der Waals surface area (Å²) >= 11 is 6.79. The molecule has 1 aromatic rings. The van der Waals surface area contributed by atoms with E-state index in [-0.39, 0.29) is 0 Å². The lowest BCUT2D eigenvalue weighted by Crippen LogP contribution is -1.98. The fourth-order valence-corrected chi connectivity index (χ4v) is 2.50. The van der Waals surface area contributed by atoms with Crippen LogP contribution in [0.4, 0.5) is 5.69 Å². The Hall–Kier alpha value is -0.660. The zero-order valence-corrected chi connectivity index (χ0v) is 11.5. The van der Waals surface area contributed by atoms with Crippen molar-refractivity contribution in [2.75, 3.05) is 12.3 Å². The van der Waals surface area contributed by atoms with E-state index in [1.165, 1.54) is 0 Å². The fourth-order valence-electron chi connectivity index (χ4n) is 1.05. The van der Waals surface area contributed by atoms with Gasteiger partial charge in [0.2, 0.25) is 0 Å². The van der Waals surface area contributed by atoms with Gasteiger partial charge in [0.1, 0.15) is 5.75 Å². The second-order valence-electron chi connectivity index (χ2n) is 2.84. The summed E-state index contributed by atoms with van der Waals surface area (Å²) in [7, 11) is 0. The first-order valence-electron chi connectivity index (χ1n) is 4.42. The van der Waals surface area contributed by atoms with Crippen LogP contribution in [0.1, 0.15) is 13.3 Å². The minimum atomic E-state index is 0.571. The van der Waals surface area contributed by atoms with E-state index in [4.69, 9.17) is 10.5 Å². The average Bonchev–Trinajstić information content (AvgIpc) is 2.15. The van der Waals surface area contributed by atoms with Gasteiger partial charge in [0.05, 0.1) is 15.6 Å². The topological polar surface area (TPSA) is 35.2 Å². The summed E-state index contributed by atoms with van der Waals surface area (Å²) in [6, 6.07) is 3.62. The molecule has 2 N–H and O–H groups in total. The van der Waals surface area contributed by atoms with Gasteiger partial charge in [-0.1, -0.05) is 0 Å². The van der Waals surface area contributed by atoms with E-state index in [1.54, 1.807) is 0 Å². The van der Waals surface area contributed by atoms with Gasteiger partial charge in [-0.25, -0.2) is 0 Å². The first kappa shape index (κ1) is 12.4. The predicted octanol–water partition coefficient (Wildman–Crippen LogP) is 3.59. The Morgan fingerprint density at radius 1 is 1.33 bits per heavy atom. The van der Waals surface area contributed by atoms with Gasteiger partial charge in [-0.2, -0.15) is 0 Å². The van der Waals surface area contributed by atoms with Crippen molar-refractivity contribution in [3.63, 3.8) is 0 Å². The van der Waals surface area contributed by atoms with Gasteiger partial charge in [-0.3, -0.25) is 0 Å². The second-order valence-corrected chi connectivity index (χ2v) is 4.55. The normalized spacial score (nSPS) is 9.27. The van der Waals surface area contributed by atoms with Crippen LogP contribution < -0.4 is 10.5 Å². The number of halogens is 2. The molecule has 80 valence electrons. The molecule has 0 saturated heterocycles. The van der Waals surface area contributed by atoms with Crippen LogP contribution in [-0.2, 0) is 0 Å². The van der Waals surface area contributed by atoms with Crippen LogP contribution in [0.25, 0.3) is 0 Å². The molecular weight excluding hydrogens is 322 g/mol. The van der Waals surface area contributed by atoms with E-state index in [2.05, 4.69) is 43.7 Å². The van der Waals surface area contributed by atoms with Gasteiger partial charge >= 0.3 is 0 Å². The Bertz CT molecular complexity index is 384. The van der Waals surface area contributed by atoms with Crippen LogP contribution in [0.15, 0.2) is 21.1 Å². The summed E-state index contributed by atoms with van der Waals surface area (Å²) in [6.45, 7) is 2.39. The van der Waals surface area contributed by atoms with Gasteiger partial charge in [0.25, 0.3) is 0 Å². The maximum atomic E-state index is 5.67. The highest BCUT2D eigenvalue weighted by molar-refractivity contribution is 9.11. The van der Waals surface area contributed by atoms with E-state index in [1.807, 2.05) is 19.1 Å². The summed E-state index contributed by atoms with van der Waals surface area (Å²) in [5.74, 6) is 6.52. The Kier molecular flexibility index (Phi) is 5.00. The number of rotatable bonds is 3. The third kappa shape index (κ3) is 3.77. The number of hydrogen-bond donors (Lipinski definition) is 1. The van der Waals surface area contributed by atoms with Gasteiger partial charge in [-0.05, 0) is 50.9 Å². The van der Waals surface area contributed by atoms with E-state index < -0.39 is 0 Å². The average molecular weight is 333 g/mol. The molecule has 0 unspecified atom stereocenters. The number of hydrogen-bond acceptors (Lipinski definition) is 2. The monoisotopic (exact) mass is 331 g/mol. The molecule has 0 aliphatic carbocycles. The lowest BCUT2D eigenvalue weighted by molar-refractivity contribution is 0.323. The van der Waals surface area contributed by atoms with Gasteiger partial charge in [-0.15, -0.1) is 11.8 Å². The Morgan fingerprint density at radius 2 is 1.93 bits per heavy atom. The molecule has 1 aromatic carbocycles. The molecule has 0 heterocycles. The highest BCUT2D eigenvalue weighted by atomic mass is 79.9. The first-order chi connectivity index (χ1) is 7.15. The number of nitrogen functional groups attached to an aromatic ring is 1. The highest BCUT2D eigenvalue weighted by Gasteiger charge is 2.07. The second kappa shape index (κ2) is 6.04. The van der Waals surface area contributed by atoms with Crippen LogP contribution >= 0.6 is 31.9 Å². The number of ether oxygens (including phenoxy) is 1. The van der Waals surface area contributed by atoms with Crippen molar-refractivity contribution in [2.24, 2.45) is 0 Å². The molecule has 0 aliphatic heterocycles. The largest absolute Gasteiger partial charge is 0.490 e. The summed E-state index contributed by atoms with van der Waals surface area (Å²) in [5, 5.41) is 0. The molecule has 0 spiro atoms. The number of benzene rings is 1. The van der Waals surface area contributed by atoms with Crippen LogP contribution in [0.3, 0.4) is 0 Å². The van der Waals surface area contributed by atoms with E-state index in [9.17, 15) is 0 Å². The van der Waals surface area contributed by atoms with Crippen LogP contribution in [0, 0.1) is 11.8 Å². The Labute approximate surface area is 106 Å². The lowest BCUT2D eigenvalue weighted by atomic mass is 10.3. The fraction of sp³-hybridized carbons (Fsp3) is 0.273. The lowest BCUT2D eigenvalue weighted by Gasteiger charge is -2.09. The van der Waals surface area contributed by atoms with Gasteiger partial charge in [0.15, 0.2) is 0 Å². The Balaban J connectivity index is 2.71. The van der Waals surface area contributed by atoms with Crippen LogP contribution in [0.5, 0.6) is 5.75 Å². The number of nitrogens with two attached hydrogens (primary N) is 1. The number of anilines is 1. The minimum Gasteiger partial charge on any atom is -0.490 e. The molecule has 1 rings (SSSR count). The van der Waals surface area contributed by atoms with Crippen molar-refractivity contribution in [3.05, 3.63) is 21.1 Å². The molecule has 0 atom stereocenters. The third-order valence-corrected chi connectivity index (χ3v) is 2.85. The standard InChI is InChI=1S/C11H11Br2NO/c1-2-3-4-5-15-11-9(12)6-8(14)7-10(11)13/h6-7H,4-5,14H2,1H3. The molecule has 0 fully saturated rings. The Morgan fingerprint density at radius 3 is 2.47 bits per heavy atom. The minimum absolute atomic E-state index is 0.571. The maximum absolute atomic E-state index is 5.67. The van der Waals surface area contributed by atoms with Crippen molar-refractivity contribution in [1.82, 2.24) is 0 Å². The zero-order valence-electron chi connectivity index (χ0n) is 8.31. The summed E-state index contributed by atoms with van der Waals surface area (Å²) < 4.78 is 7.27. The summed E-state index contributed by atoms with van der Waals surface area (Å²) in [4.78, 5) is 0.